The molecule has 0 saturated heterocycles. The third kappa shape index (κ3) is 5.02. The second kappa shape index (κ2) is 7.74. The van der Waals surface area contributed by atoms with E-state index >= 15 is 0 Å². The number of fused-ring (bicyclic) bond motifs is 1. The molecule has 0 saturated carbocycles. The predicted octanol–water partition coefficient (Wildman–Crippen LogP) is 1.73. The van der Waals surface area contributed by atoms with Crippen molar-refractivity contribution in [2.75, 3.05) is 30.4 Å². The zero-order chi connectivity index (χ0) is 17.7. The van der Waals surface area contributed by atoms with Gasteiger partial charge in [0, 0.05) is 25.6 Å². The lowest BCUT2D eigenvalue weighted by molar-refractivity contribution is -0.120. The van der Waals surface area contributed by atoms with Gasteiger partial charge in [0.15, 0.2) is 11.5 Å². The Morgan fingerprint density at radius 2 is 2.00 bits per heavy atom. The molecule has 1 aliphatic rings. The van der Waals surface area contributed by atoms with E-state index in [-0.39, 0.29) is 25.7 Å². The van der Waals surface area contributed by atoms with Gasteiger partial charge < -0.3 is 14.8 Å². The van der Waals surface area contributed by atoms with Crippen LogP contribution in [-0.2, 0) is 14.8 Å². The van der Waals surface area contributed by atoms with Crippen molar-refractivity contribution < 1.29 is 22.7 Å². The second-order valence-electron chi connectivity index (χ2n) is 6.16. The van der Waals surface area contributed by atoms with Crippen LogP contribution < -0.4 is 19.1 Å². The molecule has 24 heavy (non-hydrogen) atoms. The molecular weight excluding hydrogens is 332 g/mol. The van der Waals surface area contributed by atoms with E-state index in [0.717, 1.165) is 12.7 Å². The minimum absolute atomic E-state index is 0.0754. The number of sulfonamides is 1. The molecule has 134 valence electrons. The van der Waals surface area contributed by atoms with Crippen molar-refractivity contribution in [3.63, 3.8) is 0 Å². The number of ether oxygens (including phenoxy) is 2. The van der Waals surface area contributed by atoms with E-state index in [4.69, 9.17) is 9.47 Å². The Hall–Kier alpha value is -1.96. The van der Waals surface area contributed by atoms with Crippen LogP contribution in [-0.4, -0.2) is 40.5 Å². The van der Waals surface area contributed by atoms with Gasteiger partial charge in [0.1, 0.15) is 0 Å². The molecule has 1 aromatic rings. The van der Waals surface area contributed by atoms with Gasteiger partial charge in [-0.1, -0.05) is 13.8 Å². The van der Waals surface area contributed by atoms with Crippen LogP contribution in [0.5, 0.6) is 11.5 Å². The van der Waals surface area contributed by atoms with E-state index in [1.165, 1.54) is 4.31 Å². The summed E-state index contributed by atoms with van der Waals surface area (Å²) in [7, 11) is -3.51. The molecule has 1 amide bonds. The lowest BCUT2D eigenvalue weighted by Gasteiger charge is -2.22. The maximum Gasteiger partial charge on any atom is 0.232 e. The molecule has 0 aliphatic carbocycles. The first-order valence-corrected chi connectivity index (χ1v) is 9.76. The minimum Gasteiger partial charge on any atom is -0.454 e. The number of nitrogens with zero attached hydrogens (tertiary/aromatic N) is 1. The lowest BCUT2D eigenvalue weighted by atomic mass is 10.1. The fraction of sp³-hybridized carbons (Fsp3) is 0.562. The Labute approximate surface area is 143 Å². The van der Waals surface area contributed by atoms with E-state index in [1.807, 2.05) is 0 Å². The lowest BCUT2D eigenvalue weighted by Crippen LogP contribution is -2.35. The zero-order valence-electron chi connectivity index (χ0n) is 14.2. The highest BCUT2D eigenvalue weighted by Crippen LogP contribution is 2.36. The number of anilines is 1. The summed E-state index contributed by atoms with van der Waals surface area (Å²) in [4.78, 5) is 11.9. The van der Waals surface area contributed by atoms with Gasteiger partial charge >= 0.3 is 0 Å². The Balaban J connectivity index is 2.01. The van der Waals surface area contributed by atoms with Crippen molar-refractivity contribution in [2.24, 2.45) is 5.92 Å². The number of benzene rings is 1. The third-order valence-electron chi connectivity index (χ3n) is 3.63. The molecule has 1 aliphatic heterocycles. The van der Waals surface area contributed by atoms with Gasteiger partial charge in [-0.25, -0.2) is 8.42 Å². The van der Waals surface area contributed by atoms with E-state index in [0.29, 0.717) is 29.6 Å². The summed E-state index contributed by atoms with van der Waals surface area (Å²) >= 11 is 0. The Morgan fingerprint density at radius 1 is 1.29 bits per heavy atom. The normalized spacial score (nSPS) is 13.2. The van der Waals surface area contributed by atoms with Crippen molar-refractivity contribution >= 4 is 21.6 Å². The number of hydrogen-bond acceptors (Lipinski definition) is 5. The molecule has 8 heteroatoms. The summed E-state index contributed by atoms with van der Waals surface area (Å²) < 4.78 is 35.9. The summed E-state index contributed by atoms with van der Waals surface area (Å²) in [5.74, 6) is 1.43. The van der Waals surface area contributed by atoms with Crippen LogP contribution >= 0.6 is 0 Å². The average molecular weight is 356 g/mol. The van der Waals surface area contributed by atoms with Crippen LogP contribution in [0.1, 0.15) is 26.7 Å². The topological polar surface area (TPSA) is 84.9 Å². The Kier molecular flexibility index (Phi) is 5.93. The number of carbonyl (C=O) groups is 1. The quantitative estimate of drug-likeness (QED) is 0.767. The number of nitrogens with one attached hydrogen (secondary N) is 1. The summed E-state index contributed by atoms with van der Waals surface area (Å²) in [5.41, 5.74) is 0.455. The van der Waals surface area contributed by atoms with Crippen LogP contribution in [0.2, 0.25) is 0 Å². The minimum atomic E-state index is -3.51. The highest BCUT2D eigenvalue weighted by Gasteiger charge is 2.22. The van der Waals surface area contributed by atoms with Crippen LogP contribution in [0, 0.1) is 5.92 Å². The SMILES string of the molecule is CC(C)CCNC(=O)CCN(c1ccc2c(c1)OCO2)S(C)(=O)=O. The van der Waals surface area contributed by atoms with Gasteiger partial charge in [-0.3, -0.25) is 9.10 Å². The molecule has 0 unspecified atom stereocenters. The first kappa shape index (κ1) is 18.4. The molecule has 0 aromatic heterocycles. The zero-order valence-corrected chi connectivity index (χ0v) is 15.1. The van der Waals surface area contributed by atoms with Crippen LogP contribution in [0.25, 0.3) is 0 Å². The molecule has 7 nitrogen and oxygen atoms in total. The van der Waals surface area contributed by atoms with Crippen LogP contribution in [0.4, 0.5) is 5.69 Å². The molecule has 2 rings (SSSR count). The fourth-order valence-corrected chi connectivity index (χ4v) is 3.24. The molecule has 0 spiro atoms. The van der Waals surface area contributed by atoms with Crippen molar-refractivity contribution in [1.82, 2.24) is 5.32 Å². The van der Waals surface area contributed by atoms with Crippen molar-refractivity contribution in [2.45, 2.75) is 26.7 Å². The summed E-state index contributed by atoms with van der Waals surface area (Å²) in [6, 6.07) is 4.92. The summed E-state index contributed by atoms with van der Waals surface area (Å²) in [6.07, 6.45) is 2.11. The molecule has 1 heterocycles. The number of rotatable bonds is 8. The van der Waals surface area contributed by atoms with Crippen LogP contribution in [0.3, 0.4) is 0 Å². The predicted molar refractivity (Wildman–Crippen MR) is 91.8 cm³/mol. The Morgan fingerprint density at radius 3 is 2.67 bits per heavy atom. The van der Waals surface area contributed by atoms with E-state index in [1.54, 1.807) is 18.2 Å². The van der Waals surface area contributed by atoms with Gasteiger partial charge in [0.2, 0.25) is 22.7 Å². The Bertz CT molecular complexity index is 688. The van der Waals surface area contributed by atoms with Gasteiger partial charge in [-0.05, 0) is 24.5 Å². The fourth-order valence-electron chi connectivity index (χ4n) is 2.32. The molecule has 0 fully saturated rings. The monoisotopic (exact) mass is 356 g/mol. The van der Waals surface area contributed by atoms with Gasteiger partial charge in [0.05, 0.1) is 11.9 Å². The molecule has 1 aromatic carbocycles. The van der Waals surface area contributed by atoms with Gasteiger partial charge in [-0.15, -0.1) is 0 Å². The number of carbonyl (C=O) groups excluding carboxylic acids is 1. The van der Waals surface area contributed by atoms with E-state index < -0.39 is 10.0 Å². The first-order valence-electron chi connectivity index (χ1n) is 7.91. The highest BCUT2D eigenvalue weighted by atomic mass is 32.2. The van der Waals surface area contributed by atoms with E-state index in [2.05, 4.69) is 19.2 Å². The van der Waals surface area contributed by atoms with Crippen LogP contribution in [0.15, 0.2) is 18.2 Å². The van der Waals surface area contributed by atoms with Crippen molar-refractivity contribution in [1.29, 1.82) is 0 Å². The smallest absolute Gasteiger partial charge is 0.232 e. The molecule has 0 atom stereocenters. The molecule has 0 bridgehead atoms. The standard InChI is InChI=1S/C16H24N2O5S/c1-12(2)6-8-17-16(19)7-9-18(24(3,20)21)13-4-5-14-15(10-13)23-11-22-14/h4-5,10,12H,6-9,11H2,1-3H3,(H,17,19). The second-order valence-corrected chi connectivity index (χ2v) is 8.06. The van der Waals surface area contributed by atoms with Gasteiger partial charge in [0.25, 0.3) is 0 Å². The molecular formula is C16H24N2O5S. The molecule has 0 radical (unpaired) electrons. The maximum atomic E-state index is 12.1. The largest absolute Gasteiger partial charge is 0.454 e. The van der Waals surface area contributed by atoms with Gasteiger partial charge in [-0.2, -0.15) is 0 Å². The number of hydrogen-bond donors (Lipinski definition) is 1. The third-order valence-corrected chi connectivity index (χ3v) is 4.82. The average Bonchev–Trinajstić information content (AvgIpc) is 2.93. The number of amides is 1. The molecule has 1 N–H and O–H groups in total. The summed E-state index contributed by atoms with van der Waals surface area (Å²) in [6.45, 7) is 4.95. The van der Waals surface area contributed by atoms with Crippen molar-refractivity contribution in [3.05, 3.63) is 18.2 Å². The highest BCUT2D eigenvalue weighted by molar-refractivity contribution is 7.92. The maximum absolute atomic E-state index is 12.1. The summed E-state index contributed by atoms with van der Waals surface area (Å²) in [5, 5.41) is 2.81. The van der Waals surface area contributed by atoms with Crippen molar-refractivity contribution in [3.8, 4) is 11.5 Å². The van der Waals surface area contributed by atoms with E-state index in [9.17, 15) is 13.2 Å². The first-order chi connectivity index (χ1) is 11.3.